The molecule has 1 aliphatic rings. The van der Waals surface area contributed by atoms with Crippen molar-refractivity contribution in [2.75, 3.05) is 13.1 Å². The van der Waals surface area contributed by atoms with Crippen LogP contribution in [0, 0.1) is 13.8 Å². The smallest absolute Gasteiger partial charge is 0.255 e. The van der Waals surface area contributed by atoms with E-state index in [9.17, 15) is 4.79 Å². The van der Waals surface area contributed by atoms with Gasteiger partial charge in [0.25, 0.3) is 5.91 Å². The molecule has 0 spiro atoms. The molecule has 2 aromatic carbocycles. The number of benzene rings is 2. The van der Waals surface area contributed by atoms with Crippen LogP contribution in [0.3, 0.4) is 0 Å². The molecule has 0 atom stereocenters. The molecule has 0 radical (unpaired) electrons. The first-order valence-electron chi connectivity index (χ1n) is 10.3. The number of halogens is 1. The van der Waals surface area contributed by atoms with Crippen LogP contribution in [-0.2, 0) is 6.54 Å². The topological polar surface area (TPSA) is 59.0 Å². The summed E-state index contributed by atoms with van der Waals surface area (Å²) < 4.78 is 1.87. The van der Waals surface area contributed by atoms with Gasteiger partial charge in [-0.3, -0.25) is 9.48 Å². The van der Waals surface area contributed by atoms with E-state index in [0.29, 0.717) is 12.1 Å². The molecule has 6 heteroatoms. The van der Waals surface area contributed by atoms with Crippen LogP contribution in [0.4, 0.5) is 0 Å². The Hall–Kier alpha value is -2.63. The van der Waals surface area contributed by atoms with Crippen molar-refractivity contribution in [3.05, 3.63) is 77.0 Å². The Bertz CT molecular complexity index is 973. The normalized spacial score (nSPS) is 14.2. The third-order valence-corrected chi connectivity index (χ3v) is 5.47. The lowest BCUT2D eigenvalue weighted by Gasteiger charge is -2.23. The predicted octanol–water partition coefficient (Wildman–Crippen LogP) is 4.12. The Labute approximate surface area is 184 Å². The van der Waals surface area contributed by atoms with E-state index >= 15 is 0 Å². The molecule has 2 heterocycles. The van der Waals surface area contributed by atoms with Crippen molar-refractivity contribution in [2.45, 2.75) is 39.3 Å². The number of nitrogens with one attached hydrogen (secondary N) is 2. The lowest BCUT2D eigenvalue weighted by molar-refractivity contribution is 0.0930. The monoisotopic (exact) mass is 424 g/mol. The number of hydrogen-bond acceptors (Lipinski definition) is 3. The van der Waals surface area contributed by atoms with Crippen molar-refractivity contribution in [2.24, 2.45) is 0 Å². The van der Waals surface area contributed by atoms with E-state index in [0.717, 1.165) is 37.2 Å². The summed E-state index contributed by atoms with van der Waals surface area (Å²) in [5, 5.41) is 11.3. The summed E-state index contributed by atoms with van der Waals surface area (Å²) >= 11 is 0. The molecule has 1 saturated heterocycles. The minimum absolute atomic E-state index is 0. The number of piperidine rings is 1. The van der Waals surface area contributed by atoms with Gasteiger partial charge in [0, 0.05) is 17.8 Å². The third-order valence-electron chi connectivity index (χ3n) is 5.47. The summed E-state index contributed by atoms with van der Waals surface area (Å²) in [5.74, 6) is -0.0392. The Morgan fingerprint density at radius 2 is 1.63 bits per heavy atom. The van der Waals surface area contributed by atoms with E-state index in [1.165, 1.54) is 16.7 Å². The number of aromatic nitrogens is 2. The van der Waals surface area contributed by atoms with Crippen LogP contribution in [0.2, 0.25) is 0 Å². The molecule has 0 saturated carbocycles. The van der Waals surface area contributed by atoms with Gasteiger partial charge in [-0.2, -0.15) is 5.10 Å². The number of hydrogen-bond donors (Lipinski definition) is 2. The first-order valence-corrected chi connectivity index (χ1v) is 10.3. The third kappa shape index (κ3) is 5.29. The molecular formula is C24H29ClN4O. The van der Waals surface area contributed by atoms with Gasteiger partial charge >= 0.3 is 0 Å². The molecule has 0 aliphatic carbocycles. The van der Waals surface area contributed by atoms with Gasteiger partial charge < -0.3 is 10.6 Å². The molecule has 5 nitrogen and oxygen atoms in total. The Balaban J connectivity index is 0.00000256. The minimum atomic E-state index is -0.0392. The summed E-state index contributed by atoms with van der Waals surface area (Å²) in [6, 6.07) is 16.8. The quantitative estimate of drug-likeness (QED) is 0.647. The van der Waals surface area contributed by atoms with Crippen molar-refractivity contribution in [1.82, 2.24) is 20.4 Å². The SMILES string of the molecule is Cc1ccc(Cn2cc(C(=O)NC3CCNCC3)c(-c3ccc(C)cc3)n2)cc1.Cl. The highest BCUT2D eigenvalue weighted by Crippen LogP contribution is 2.23. The zero-order chi connectivity index (χ0) is 20.2. The fraction of sp³-hybridized carbons (Fsp3) is 0.333. The lowest BCUT2D eigenvalue weighted by atomic mass is 10.0. The maximum atomic E-state index is 13.1. The molecule has 30 heavy (non-hydrogen) atoms. The fourth-order valence-corrected chi connectivity index (χ4v) is 3.70. The van der Waals surface area contributed by atoms with E-state index in [4.69, 9.17) is 5.10 Å². The van der Waals surface area contributed by atoms with E-state index in [1.54, 1.807) is 0 Å². The minimum Gasteiger partial charge on any atom is -0.349 e. The predicted molar refractivity (Wildman–Crippen MR) is 123 cm³/mol. The molecule has 1 aromatic heterocycles. The molecule has 3 aromatic rings. The zero-order valence-corrected chi connectivity index (χ0v) is 18.3. The van der Waals surface area contributed by atoms with Crippen LogP contribution >= 0.6 is 12.4 Å². The highest BCUT2D eigenvalue weighted by molar-refractivity contribution is 6.00. The second-order valence-electron chi connectivity index (χ2n) is 7.94. The van der Waals surface area contributed by atoms with E-state index in [1.807, 2.05) is 23.0 Å². The summed E-state index contributed by atoms with van der Waals surface area (Å²) in [4.78, 5) is 13.1. The van der Waals surface area contributed by atoms with Gasteiger partial charge in [-0.05, 0) is 45.3 Å². The lowest BCUT2D eigenvalue weighted by Crippen LogP contribution is -2.42. The van der Waals surface area contributed by atoms with E-state index < -0.39 is 0 Å². The van der Waals surface area contributed by atoms with Gasteiger partial charge in [0.15, 0.2) is 0 Å². The largest absolute Gasteiger partial charge is 0.349 e. The highest BCUT2D eigenvalue weighted by atomic mass is 35.5. The molecule has 1 aliphatic heterocycles. The fourth-order valence-electron chi connectivity index (χ4n) is 3.70. The summed E-state index contributed by atoms with van der Waals surface area (Å²) in [7, 11) is 0. The molecule has 1 fully saturated rings. The maximum Gasteiger partial charge on any atom is 0.255 e. The van der Waals surface area contributed by atoms with Gasteiger partial charge in [0.05, 0.1) is 12.1 Å². The molecule has 4 rings (SSSR count). The molecule has 2 N–H and O–H groups in total. The van der Waals surface area contributed by atoms with Gasteiger partial charge in [0.2, 0.25) is 0 Å². The van der Waals surface area contributed by atoms with E-state index in [2.05, 4.69) is 60.9 Å². The average molecular weight is 425 g/mol. The maximum absolute atomic E-state index is 13.1. The Morgan fingerprint density at radius 3 is 2.27 bits per heavy atom. The molecule has 158 valence electrons. The van der Waals surface area contributed by atoms with Crippen LogP contribution in [0.1, 0.15) is 39.9 Å². The Kier molecular flexibility index (Phi) is 7.29. The van der Waals surface area contributed by atoms with Gasteiger partial charge in [-0.1, -0.05) is 59.7 Å². The van der Waals surface area contributed by atoms with Crippen molar-refractivity contribution in [1.29, 1.82) is 0 Å². The highest BCUT2D eigenvalue weighted by Gasteiger charge is 2.22. The average Bonchev–Trinajstić information content (AvgIpc) is 3.15. The van der Waals surface area contributed by atoms with Gasteiger partial charge in [0.1, 0.15) is 5.69 Å². The number of rotatable bonds is 5. The molecular weight excluding hydrogens is 396 g/mol. The number of nitrogens with zero attached hydrogens (tertiary/aromatic N) is 2. The molecule has 1 amide bonds. The van der Waals surface area contributed by atoms with Crippen LogP contribution in [0.25, 0.3) is 11.3 Å². The first-order chi connectivity index (χ1) is 14.1. The number of carbonyl (C=O) groups is 1. The summed E-state index contributed by atoms with van der Waals surface area (Å²) in [6.07, 6.45) is 3.80. The number of aryl methyl sites for hydroxylation is 2. The second kappa shape index (κ2) is 9.92. The number of carbonyl (C=O) groups excluding carboxylic acids is 1. The Morgan fingerprint density at radius 1 is 1.03 bits per heavy atom. The second-order valence-corrected chi connectivity index (χ2v) is 7.94. The van der Waals surface area contributed by atoms with E-state index in [-0.39, 0.29) is 24.4 Å². The van der Waals surface area contributed by atoms with Gasteiger partial charge in [-0.25, -0.2) is 0 Å². The van der Waals surface area contributed by atoms with Crippen molar-refractivity contribution >= 4 is 18.3 Å². The van der Waals surface area contributed by atoms with Crippen molar-refractivity contribution < 1.29 is 4.79 Å². The van der Waals surface area contributed by atoms with Crippen molar-refractivity contribution in [3.8, 4) is 11.3 Å². The van der Waals surface area contributed by atoms with Gasteiger partial charge in [-0.15, -0.1) is 12.4 Å². The summed E-state index contributed by atoms with van der Waals surface area (Å²) in [6.45, 7) is 6.67. The van der Waals surface area contributed by atoms with Crippen molar-refractivity contribution in [3.63, 3.8) is 0 Å². The van der Waals surface area contributed by atoms with Crippen LogP contribution in [0.15, 0.2) is 54.7 Å². The summed E-state index contributed by atoms with van der Waals surface area (Å²) in [5.41, 5.74) is 5.93. The van der Waals surface area contributed by atoms with Crippen LogP contribution in [0.5, 0.6) is 0 Å². The van der Waals surface area contributed by atoms with Crippen LogP contribution in [-0.4, -0.2) is 34.8 Å². The molecule has 0 bridgehead atoms. The van der Waals surface area contributed by atoms with Crippen LogP contribution < -0.4 is 10.6 Å². The molecule has 0 unspecified atom stereocenters. The number of amides is 1. The first kappa shape index (κ1) is 22.1. The zero-order valence-electron chi connectivity index (χ0n) is 17.5. The standard InChI is InChI=1S/C24H28N4O.ClH/c1-17-3-7-19(8-4-17)15-28-16-22(24(29)26-21-11-13-25-14-12-21)23(27-28)20-9-5-18(2)6-10-20;/h3-10,16,21,25H,11-15H2,1-2H3,(H,26,29);1H.